The van der Waals surface area contributed by atoms with Crippen molar-refractivity contribution in [2.75, 3.05) is 28.6 Å². The molecule has 0 bridgehead atoms. The summed E-state index contributed by atoms with van der Waals surface area (Å²) in [6.45, 7) is 2.18. The summed E-state index contributed by atoms with van der Waals surface area (Å²) in [4.78, 5) is 19.1. The van der Waals surface area contributed by atoms with Gasteiger partial charge >= 0.3 is 0 Å². The molecule has 1 saturated heterocycles. The molecule has 0 radical (unpaired) electrons. The lowest BCUT2D eigenvalue weighted by molar-refractivity contribution is 0.102. The molecule has 2 heterocycles. The van der Waals surface area contributed by atoms with E-state index in [4.69, 9.17) is 5.26 Å². The lowest BCUT2D eigenvalue weighted by Gasteiger charge is -2.17. The van der Waals surface area contributed by atoms with Crippen LogP contribution in [0.4, 0.5) is 22.7 Å². The van der Waals surface area contributed by atoms with E-state index in [1.165, 1.54) is 24.7 Å². The molecule has 4 rings (SSSR count). The van der Waals surface area contributed by atoms with Crippen molar-refractivity contribution in [3.8, 4) is 6.07 Å². The second-order valence-electron chi connectivity index (χ2n) is 6.98. The van der Waals surface area contributed by atoms with E-state index >= 15 is 0 Å². The molecule has 1 aliphatic heterocycles. The van der Waals surface area contributed by atoms with Crippen molar-refractivity contribution >= 4 is 28.7 Å². The molecule has 1 aliphatic rings. The van der Waals surface area contributed by atoms with Crippen LogP contribution in [0.5, 0.6) is 0 Å². The van der Waals surface area contributed by atoms with Crippen molar-refractivity contribution in [2.24, 2.45) is 0 Å². The molecule has 0 saturated carbocycles. The van der Waals surface area contributed by atoms with E-state index in [2.05, 4.69) is 26.6 Å². The second kappa shape index (κ2) is 8.44. The van der Waals surface area contributed by atoms with Crippen LogP contribution in [0.2, 0.25) is 0 Å². The third kappa shape index (κ3) is 4.53. The lowest BCUT2D eigenvalue weighted by atomic mass is 10.2. The molecule has 29 heavy (non-hydrogen) atoms. The minimum Gasteiger partial charge on any atom is -0.372 e. The molecule has 0 spiro atoms. The zero-order valence-electron chi connectivity index (χ0n) is 15.9. The fourth-order valence-electron chi connectivity index (χ4n) is 3.40. The lowest BCUT2D eigenvalue weighted by Crippen LogP contribution is -2.17. The first-order valence-electron chi connectivity index (χ1n) is 9.60. The van der Waals surface area contributed by atoms with Crippen LogP contribution in [0, 0.1) is 11.3 Å². The van der Waals surface area contributed by atoms with Gasteiger partial charge in [0.1, 0.15) is 0 Å². The molecule has 1 aromatic heterocycles. The van der Waals surface area contributed by atoms with E-state index in [0.717, 1.165) is 24.5 Å². The Bertz CT molecular complexity index is 1050. The van der Waals surface area contributed by atoms with Crippen molar-refractivity contribution in [1.29, 1.82) is 5.26 Å². The minimum atomic E-state index is -0.221. The molecule has 6 nitrogen and oxygen atoms in total. The predicted molar refractivity (Wildman–Crippen MR) is 115 cm³/mol. The van der Waals surface area contributed by atoms with Crippen LogP contribution >= 0.6 is 0 Å². The molecule has 1 amide bonds. The van der Waals surface area contributed by atoms with Crippen LogP contribution in [-0.4, -0.2) is 24.0 Å². The fourth-order valence-corrected chi connectivity index (χ4v) is 3.40. The summed E-state index contributed by atoms with van der Waals surface area (Å²) >= 11 is 0. The van der Waals surface area contributed by atoms with Gasteiger partial charge in [-0.1, -0.05) is 6.07 Å². The molecule has 0 aliphatic carbocycles. The number of aromatic nitrogens is 1. The summed E-state index contributed by atoms with van der Waals surface area (Å²) in [5.41, 5.74) is 4.40. The first-order valence-corrected chi connectivity index (χ1v) is 9.60. The Hall–Kier alpha value is -3.85. The number of carbonyl (C=O) groups excluding carboxylic acids is 1. The van der Waals surface area contributed by atoms with Crippen LogP contribution in [-0.2, 0) is 0 Å². The van der Waals surface area contributed by atoms with Crippen LogP contribution in [0.1, 0.15) is 28.8 Å². The maximum atomic E-state index is 12.6. The Morgan fingerprint density at radius 3 is 2.52 bits per heavy atom. The van der Waals surface area contributed by atoms with Crippen molar-refractivity contribution in [3.05, 3.63) is 78.1 Å². The monoisotopic (exact) mass is 383 g/mol. The number of nitriles is 1. The molecule has 0 unspecified atom stereocenters. The van der Waals surface area contributed by atoms with Crippen LogP contribution in [0.25, 0.3) is 0 Å². The van der Waals surface area contributed by atoms with Crippen molar-refractivity contribution in [2.45, 2.75) is 12.8 Å². The summed E-state index contributed by atoms with van der Waals surface area (Å²) in [5.74, 6) is -0.221. The summed E-state index contributed by atoms with van der Waals surface area (Å²) in [5, 5.41) is 15.1. The normalized spacial score (nSPS) is 13.0. The number of anilines is 4. The number of rotatable bonds is 5. The Balaban J connectivity index is 1.43. The van der Waals surface area contributed by atoms with Gasteiger partial charge in [-0.3, -0.25) is 9.78 Å². The molecule has 3 aromatic rings. The quantitative estimate of drug-likeness (QED) is 0.676. The Morgan fingerprint density at radius 1 is 0.966 bits per heavy atom. The largest absolute Gasteiger partial charge is 0.372 e. The minimum absolute atomic E-state index is 0.221. The summed E-state index contributed by atoms with van der Waals surface area (Å²) < 4.78 is 0. The number of carbonyl (C=O) groups is 1. The van der Waals surface area contributed by atoms with E-state index in [0.29, 0.717) is 16.8 Å². The highest BCUT2D eigenvalue weighted by Gasteiger charge is 2.13. The Kier molecular flexibility index (Phi) is 5.39. The van der Waals surface area contributed by atoms with E-state index in [-0.39, 0.29) is 5.91 Å². The first-order chi connectivity index (χ1) is 14.2. The number of pyridine rings is 1. The molecule has 0 atom stereocenters. The molecular formula is C23H21N5O. The van der Waals surface area contributed by atoms with Gasteiger partial charge in [0.25, 0.3) is 5.91 Å². The van der Waals surface area contributed by atoms with Gasteiger partial charge in [0.2, 0.25) is 0 Å². The standard InChI is InChI=1S/C23H21N5O/c24-14-17-4-3-5-20(12-17)26-21-13-18(15-25-16-21)23(29)27-19-6-8-22(9-7-19)28-10-1-2-11-28/h3-9,12-13,15-16,26H,1-2,10-11H2,(H,27,29). The topological polar surface area (TPSA) is 81.0 Å². The zero-order valence-corrected chi connectivity index (χ0v) is 15.9. The maximum absolute atomic E-state index is 12.6. The maximum Gasteiger partial charge on any atom is 0.257 e. The predicted octanol–water partition coefficient (Wildman–Crippen LogP) is 4.55. The molecule has 6 heteroatoms. The average Bonchev–Trinajstić information content (AvgIpc) is 3.29. The Labute approximate surface area is 169 Å². The highest BCUT2D eigenvalue weighted by atomic mass is 16.1. The molecule has 144 valence electrons. The first kappa shape index (κ1) is 18.5. The number of amides is 1. The summed E-state index contributed by atoms with van der Waals surface area (Å²) in [6, 6.07) is 18.9. The van der Waals surface area contributed by atoms with Gasteiger partial charge in [-0.05, 0) is 61.4 Å². The van der Waals surface area contributed by atoms with Crippen molar-refractivity contribution in [3.63, 3.8) is 0 Å². The number of benzene rings is 2. The van der Waals surface area contributed by atoms with Gasteiger partial charge in [0.05, 0.1) is 29.1 Å². The average molecular weight is 383 g/mol. The van der Waals surface area contributed by atoms with E-state index < -0.39 is 0 Å². The van der Waals surface area contributed by atoms with Crippen LogP contribution in [0.15, 0.2) is 67.0 Å². The van der Waals surface area contributed by atoms with Crippen molar-refractivity contribution in [1.82, 2.24) is 4.98 Å². The third-order valence-electron chi connectivity index (χ3n) is 4.88. The van der Waals surface area contributed by atoms with E-state index in [1.54, 1.807) is 30.5 Å². The SMILES string of the molecule is N#Cc1cccc(Nc2cncc(C(=O)Nc3ccc(N4CCCC4)cc3)c2)c1. The number of hydrogen-bond acceptors (Lipinski definition) is 5. The van der Waals surface area contributed by atoms with Gasteiger partial charge < -0.3 is 15.5 Å². The highest BCUT2D eigenvalue weighted by molar-refractivity contribution is 6.04. The summed E-state index contributed by atoms with van der Waals surface area (Å²) in [7, 11) is 0. The number of nitrogens with one attached hydrogen (secondary N) is 2. The smallest absolute Gasteiger partial charge is 0.257 e. The molecular weight excluding hydrogens is 362 g/mol. The van der Waals surface area contributed by atoms with Crippen LogP contribution < -0.4 is 15.5 Å². The van der Waals surface area contributed by atoms with Gasteiger partial charge in [-0.2, -0.15) is 5.26 Å². The highest BCUT2D eigenvalue weighted by Crippen LogP contribution is 2.23. The van der Waals surface area contributed by atoms with Gasteiger partial charge in [-0.15, -0.1) is 0 Å². The van der Waals surface area contributed by atoms with E-state index in [1.807, 2.05) is 30.3 Å². The molecule has 2 N–H and O–H groups in total. The van der Waals surface area contributed by atoms with Gasteiger partial charge in [0, 0.05) is 36.3 Å². The summed E-state index contributed by atoms with van der Waals surface area (Å²) in [6.07, 6.45) is 5.64. The third-order valence-corrected chi connectivity index (χ3v) is 4.88. The van der Waals surface area contributed by atoms with Crippen LogP contribution in [0.3, 0.4) is 0 Å². The Morgan fingerprint density at radius 2 is 1.76 bits per heavy atom. The van der Waals surface area contributed by atoms with Crippen molar-refractivity contribution < 1.29 is 4.79 Å². The van der Waals surface area contributed by atoms with Gasteiger partial charge in [-0.25, -0.2) is 0 Å². The molecule has 1 fully saturated rings. The second-order valence-corrected chi connectivity index (χ2v) is 6.98. The van der Waals surface area contributed by atoms with E-state index in [9.17, 15) is 4.79 Å². The fraction of sp³-hybridized carbons (Fsp3) is 0.174. The zero-order chi connectivity index (χ0) is 20.1. The van der Waals surface area contributed by atoms with Gasteiger partial charge in [0.15, 0.2) is 0 Å². The number of nitrogens with zero attached hydrogens (tertiary/aromatic N) is 3. The molecule has 2 aromatic carbocycles. The number of hydrogen-bond donors (Lipinski definition) is 2.